The minimum absolute atomic E-state index is 0.258. The van der Waals surface area contributed by atoms with Crippen molar-refractivity contribution in [2.75, 3.05) is 13.7 Å². The van der Waals surface area contributed by atoms with Crippen molar-refractivity contribution in [1.29, 1.82) is 0 Å². The molecule has 1 atom stereocenters. The normalized spacial score (nSPS) is 13.3. The lowest BCUT2D eigenvalue weighted by Crippen LogP contribution is -2.40. The van der Waals surface area contributed by atoms with Gasteiger partial charge in [-0.3, -0.25) is 4.79 Å². The molecule has 0 amide bonds. The Labute approximate surface area is 245 Å². The average molecular weight is 571 g/mol. The number of allylic oxidation sites excluding steroid dienone is 5. The van der Waals surface area contributed by atoms with Crippen molar-refractivity contribution in [3.05, 3.63) is 72.4 Å². The summed E-state index contributed by atoms with van der Waals surface area (Å²) in [6.07, 6.45) is 22.9. The molecule has 1 aromatic rings. The van der Waals surface area contributed by atoms with Crippen LogP contribution >= 0.6 is 0 Å². The lowest BCUT2D eigenvalue weighted by molar-refractivity contribution is -0.140. The second kappa shape index (κ2) is 20.4. The number of carbonyl (C=O) groups excluding carboxylic acids is 2. The molecule has 0 N–H and O–H groups in total. The zero-order valence-corrected chi connectivity index (χ0v) is 27.0. The molecule has 0 aliphatic rings. The quantitative estimate of drug-likeness (QED) is 0.0514. The highest BCUT2D eigenvalue weighted by atomic mass is 28.4. The number of unbranched alkanes of at least 4 members (excludes halogenated alkanes) is 6. The standard InChI is InChI=1S/C34H54O5Si/c1-34(2,3)40(5,6)38-29-22-17-15-13-11-9-7-8-10-12-14-16-21-26-31(27-23-28-32(35)37-4)39-33(36)30-24-19-18-20-25-30/h8,10,14,16,18-21,24-26,31H,7,9,11-13,15,17,22-23,27-29H2,1-6H3/b10-8-,16-14-,26-21+/t31-/m1/s1. The predicted molar refractivity (Wildman–Crippen MR) is 169 cm³/mol. The van der Waals surface area contributed by atoms with Crippen molar-refractivity contribution < 1.29 is 23.5 Å². The van der Waals surface area contributed by atoms with Crippen LogP contribution in [0.1, 0.15) is 102 Å². The summed E-state index contributed by atoms with van der Waals surface area (Å²) in [4.78, 5) is 23.9. The van der Waals surface area contributed by atoms with E-state index >= 15 is 0 Å². The zero-order valence-electron chi connectivity index (χ0n) is 26.0. The summed E-state index contributed by atoms with van der Waals surface area (Å²) in [5.74, 6) is -0.623. The number of hydrogen-bond acceptors (Lipinski definition) is 5. The molecule has 0 radical (unpaired) electrons. The number of esters is 2. The van der Waals surface area contributed by atoms with Crippen LogP contribution in [0.5, 0.6) is 0 Å². The van der Waals surface area contributed by atoms with Crippen molar-refractivity contribution >= 4 is 20.3 Å². The van der Waals surface area contributed by atoms with E-state index in [9.17, 15) is 9.59 Å². The first-order valence-electron chi connectivity index (χ1n) is 15.0. The Kier molecular flexibility index (Phi) is 18.2. The molecule has 0 spiro atoms. The van der Waals surface area contributed by atoms with Crippen LogP contribution in [-0.2, 0) is 18.7 Å². The van der Waals surface area contributed by atoms with Gasteiger partial charge in [-0.15, -0.1) is 0 Å². The van der Waals surface area contributed by atoms with Gasteiger partial charge in [0.25, 0.3) is 0 Å². The molecule has 1 rings (SSSR count). The van der Waals surface area contributed by atoms with E-state index in [0.717, 1.165) is 19.4 Å². The van der Waals surface area contributed by atoms with Gasteiger partial charge >= 0.3 is 11.9 Å². The molecule has 5 nitrogen and oxygen atoms in total. The maximum absolute atomic E-state index is 12.5. The van der Waals surface area contributed by atoms with Crippen LogP contribution in [0.3, 0.4) is 0 Å². The fourth-order valence-corrected chi connectivity index (χ4v) is 4.86. The number of benzene rings is 1. The molecule has 0 aliphatic heterocycles. The van der Waals surface area contributed by atoms with Crippen molar-refractivity contribution in [3.63, 3.8) is 0 Å². The Hall–Kier alpha value is -2.44. The Morgan fingerprint density at radius 3 is 2.23 bits per heavy atom. The first kappa shape index (κ1) is 35.6. The van der Waals surface area contributed by atoms with Crippen molar-refractivity contribution in [2.24, 2.45) is 0 Å². The van der Waals surface area contributed by atoms with Crippen molar-refractivity contribution in [2.45, 2.75) is 116 Å². The van der Waals surface area contributed by atoms with Gasteiger partial charge in [-0.2, -0.15) is 0 Å². The number of ether oxygens (including phenoxy) is 2. The van der Waals surface area contributed by atoms with E-state index in [0.29, 0.717) is 29.9 Å². The van der Waals surface area contributed by atoms with Gasteiger partial charge in [0.1, 0.15) is 6.10 Å². The number of rotatable bonds is 20. The first-order chi connectivity index (χ1) is 19.1. The van der Waals surface area contributed by atoms with E-state index in [1.807, 2.05) is 36.4 Å². The van der Waals surface area contributed by atoms with Crippen LogP contribution in [-0.4, -0.2) is 40.1 Å². The van der Waals surface area contributed by atoms with Gasteiger partial charge in [-0.1, -0.05) is 95.0 Å². The molecule has 40 heavy (non-hydrogen) atoms. The summed E-state index contributed by atoms with van der Waals surface area (Å²) in [5.41, 5.74) is 0.515. The topological polar surface area (TPSA) is 61.8 Å². The van der Waals surface area contributed by atoms with Crippen LogP contribution in [0, 0.1) is 0 Å². The average Bonchev–Trinajstić information content (AvgIpc) is 2.92. The second-order valence-electron chi connectivity index (χ2n) is 11.8. The molecule has 224 valence electrons. The van der Waals surface area contributed by atoms with Crippen LogP contribution < -0.4 is 0 Å². The fourth-order valence-electron chi connectivity index (χ4n) is 3.78. The van der Waals surface area contributed by atoms with Crippen molar-refractivity contribution in [1.82, 2.24) is 0 Å². The monoisotopic (exact) mass is 570 g/mol. The molecule has 0 heterocycles. The van der Waals surface area contributed by atoms with E-state index in [-0.39, 0.29) is 11.9 Å². The fraction of sp³-hybridized carbons (Fsp3) is 0.588. The Balaban J connectivity index is 2.23. The summed E-state index contributed by atoms with van der Waals surface area (Å²) in [7, 11) is -0.212. The lowest BCUT2D eigenvalue weighted by Gasteiger charge is -2.36. The molecule has 0 unspecified atom stereocenters. The van der Waals surface area contributed by atoms with Crippen LogP contribution in [0.25, 0.3) is 0 Å². The van der Waals surface area contributed by atoms with E-state index < -0.39 is 14.4 Å². The molecule has 0 bridgehead atoms. The van der Waals surface area contributed by atoms with Crippen LogP contribution in [0.4, 0.5) is 0 Å². The maximum atomic E-state index is 12.5. The molecule has 0 saturated heterocycles. The smallest absolute Gasteiger partial charge is 0.338 e. The molecule has 0 saturated carbocycles. The summed E-state index contributed by atoms with van der Waals surface area (Å²) in [5, 5.41) is 0.295. The Morgan fingerprint density at radius 1 is 0.875 bits per heavy atom. The van der Waals surface area contributed by atoms with E-state index in [1.165, 1.54) is 45.6 Å². The molecule has 6 heteroatoms. The van der Waals surface area contributed by atoms with Gasteiger partial charge in [-0.25, -0.2) is 4.79 Å². The van der Waals surface area contributed by atoms with Gasteiger partial charge in [-0.05, 0) is 74.9 Å². The van der Waals surface area contributed by atoms with Crippen LogP contribution in [0.2, 0.25) is 18.1 Å². The third kappa shape index (κ3) is 16.6. The first-order valence-corrected chi connectivity index (χ1v) is 17.9. The minimum Gasteiger partial charge on any atom is -0.469 e. The van der Waals surface area contributed by atoms with E-state index in [4.69, 9.17) is 13.9 Å². The highest BCUT2D eigenvalue weighted by Crippen LogP contribution is 2.36. The Bertz CT molecular complexity index is 912. The zero-order chi connectivity index (χ0) is 29.7. The van der Waals surface area contributed by atoms with Gasteiger partial charge < -0.3 is 13.9 Å². The number of methoxy groups -OCH3 is 1. The van der Waals surface area contributed by atoms with Gasteiger partial charge in [0.2, 0.25) is 0 Å². The highest BCUT2D eigenvalue weighted by Gasteiger charge is 2.36. The maximum Gasteiger partial charge on any atom is 0.338 e. The Morgan fingerprint density at radius 2 is 1.55 bits per heavy atom. The molecular formula is C34H54O5Si. The SMILES string of the molecule is COC(=O)CCC[C@@H](/C=C/C=C\C/C=C\CCCCCCCCO[Si](C)(C)C(C)(C)C)OC(=O)c1ccccc1. The van der Waals surface area contributed by atoms with Gasteiger partial charge in [0, 0.05) is 13.0 Å². The lowest BCUT2D eigenvalue weighted by atomic mass is 10.1. The molecule has 0 fully saturated rings. The summed E-state index contributed by atoms with van der Waals surface area (Å²) < 4.78 is 16.6. The third-order valence-corrected chi connectivity index (χ3v) is 11.9. The molecule has 0 aromatic heterocycles. The summed E-state index contributed by atoms with van der Waals surface area (Å²) >= 11 is 0. The second-order valence-corrected chi connectivity index (χ2v) is 16.6. The summed E-state index contributed by atoms with van der Waals surface area (Å²) in [6.45, 7) is 12.5. The summed E-state index contributed by atoms with van der Waals surface area (Å²) in [6, 6.07) is 8.94. The van der Waals surface area contributed by atoms with Crippen molar-refractivity contribution in [3.8, 4) is 0 Å². The largest absolute Gasteiger partial charge is 0.469 e. The number of hydrogen-bond donors (Lipinski definition) is 0. The minimum atomic E-state index is -1.59. The van der Waals surface area contributed by atoms with Crippen LogP contribution in [0.15, 0.2) is 66.8 Å². The van der Waals surface area contributed by atoms with Gasteiger partial charge in [0.05, 0.1) is 12.7 Å². The number of carbonyl (C=O) groups is 2. The predicted octanol–water partition coefficient (Wildman–Crippen LogP) is 9.37. The molecule has 0 aliphatic carbocycles. The highest BCUT2D eigenvalue weighted by molar-refractivity contribution is 6.74. The van der Waals surface area contributed by atoms with Gasteiger partial charge in [0.15, 0.2) is 8.32 Å². The molecule has 1 aromatic carbocycles. The molecular weight excluding hydrogens is 516 g/mol. The van der Waals surface area contributed by atoms with E-state index in [2.05, 4.69) is 52.1 Å². The third-order valence-electron chi connectivity index (χ3n) is 7.41. The van der Waals surface area contributed by atoms with E-state index in [1.54, 1.807) is 12.1 Å².